The van der Waals surface area contributed by atoms with Crippen LogP contribution in [0.25, 0.3) is 0 Å². The maximum Gasteiger partial charge on any atom is 0.225 e. The van der Waals surface area contributed by atoms with E-state index in [1.165, 1.54) is 0 Å². The first-order valence-electron chi connectivity index (χ1n) is 10.1. The van der Waals surface area contributed by atoms with E-state index in [1.54, 1.807) is 0 Å². The van der Waals surface area contributed by atoms with E-state index in [1.807, 2.05) is 65.6 Å². The van der Waals surface area contributed by atoms with Gasteiger partial charge in [-0.25, -0.2) is 0 Å². The normalized spacial score (nSPS) is 24.1. The molecule has 2 fully saturated rings. The van der Waals surface area contributed by atoms with Crippen molar-refractivity contribution in [2.75, 3.05) is 13.1 Å². The van der Waals surface area contributed by atoms with Crippen LogP contribution in [0.4, 0.5) is 0 Å². The van der Waals surface area contributed by atoms with Crippen LogP contribution in [-0.4, -0.2) is 35.8 Å². The van der Waals surface area contributed by atoms with Crippen LogP contribution >= 0.6 is 12.4 Å². The second-order valence-electron chi connectivity index (χ2n) is 7.71. The van der Waals surface area contributed by atoms with Crippen LogP contribution in [0.2, 0.25) is 0 Å². The zero-order valence-electron chi connectivity index (χ0n) is 16.4. The van der Waals surface area contributed by atoms with Gasteiger partial charge in [0.2, 0.25) is 11.8 Å². The molecule has 2 heterocycles. The zero-order valence-corrected chi connectivity index (χ0v) is 17.2. The summed E-state index contributed by atoms with van der Waals surface area (Å²) >= 11 is 0. The van der Waals surface area contributed by atoms with Gasteiger partial charge >= 0.3 is 0 Å². The number of hydrogen-bond acceptors (Lipinski definition) is 3. The number of rotatable bonds is 5. The summed E-state index contributed by atoms with van der Waals surface area (Å²) in [5.41, 5.74) is 2.11. The first kappa shape index (κ1) is 21.3. The van der Waals surface area contributed by atoms with E-state index in [0.29, 0.717) is 19.4 Å². The molecule has 4 rings (SSSR count). The number of carbonyl (C=O) groups is 2. The number of hydrogen-bond donors (Lipinski definition) is 2. The van der Waals surface area contributed by atoms with Gasteiger partial charge in [-0.2, -0.15) is 0 Å². The minimum Gasteiger partial charge on any atom is -0.352 e. The van der Waals surface area contributed by atoms with Crippen LogP contribution < -0.4 is 10.6 Å². The topological polar surface area (TPSA) is 61.4 Å². The molecule has 0 saturated carbocycles. The molecule has 0 spiro atoms. The van der Waals surface area contributed by atoms with Gasteiger partial charge in [-0.05, 0) is 30.5 Å². The third-order valence-electron chi connectivity index (χ3n) is 5.79. The molecule has 2 aromatic carbocycles. The SMILES string of the molecule is Cl.O=C(NC1CCNC1)C1CCC(=O)N(Cc2ccccc2)C1c1ccccc1. The fourth-order valence-corrected chi connectivity index (χ4v) is 4.34. The highest BCUT2D eigenvalue weighted by Gasteiger charge is 2.41. The number of nitrogens with one attached hydrogen (secondary N) is 2. The third-order valence-corrected chi connectivity index (χ3v) is 5.79. The molecule has 2 aliphatic heterocycles. The van der Waals surface area contributed by atoms with E-state index in [-0.39, 0.29) is 42.2 Å². The number of likely N-dealkylation sites (tertiary alicyclic amines) is 1. The summed E-state index contributed by atoms with van der Waals surface area (Å²) in [5.74, 6) is -0.0539. The Labute approximate surface area is 178 Å². The lowest BCUT2D eigenvalue weighted by Gasteiger charge is -2.41. The lowest BCUT2D eigenvalue weighted by molar-refractivity contribution is -0.144. The van der Waals surface area contributed by atoms with E-state index < -0.39 is 0 Å². The van der Waals surface area contributed by atoms with Gasteiger partial charge in [-0.15, -0.1) is 12.4 Å². The Morgan fingerprint density at radius 2 is 1.72 bits per heavy atom. The molecular weight excluding hydrogens is 386 g/mol. The summed E-state index contributed by atoms with van der Waals surface area (Å²) in [5, 5.41) is 6.50. The molecule has 0 aliphatic carbocycles. The van der Waals surface area contributed by atoms with Crippen molar-refractivity contribution in [3.63, 3.8) is 0 Å². The smallest absolute Gasteiger partial charge is 0.225 e. The fraction of sp³-hybridized carbons (Fsp3) is 0.391. The molecule has 0 aromatic heterocycles. The molecule has 0 radical (unpaired) electrons. The molecule has 154 valence electrons. The first-order valence-corrected chi connectivity index (χ1v) is 10.1. The Morgan fingerprint density at radius 1 is 1.03 bits per heavy atom. The molecular formula is C23H28ClN3O2. The molecule has 3 atom stereocenters. The predicted octanol–water partition coefficient (Wildman–Crippen LogP) is 3.07. The number of benzene rings is 2. The molecule has 2 aliphatic rings. The van der Waals surface area contributed by atoms with E-state index in [0.717, 1.165) is 30.6 Å². The number of piperidine rings is 1. The molecule has 29 heavy (non-hydrogen) atoms. The standard InChI is InChI=1S/C23H27N3O2.ClH/c27-21-12-11-20(23(28)25-19-13-14-24-15-19)22(18-9-5-2-6-10-18)26(21)16-17-7-3-1-4-8-17;/h1-10,19-20,22,24H,11-16H2,(H,25,28);1H. The molecule has 2 aromatic rings. The number of halogens is 1. The number of carbonyl (C=O) groups excluding carboxylic acids is 2. The molecule has 6 heteroatoms. The van der Waals surface area contributed by atoms with Crippen molar-refractivity contribution < 1.29 is 9.59 Å². The highest BCUT2D eigenvalue weighted by atomic mass is 35.5. The van der Waals surface area contributed by atoms with Crippen molar-refractivity contribution in [1.82, 2.24) is 15.5 Å². The van der Waals surface area contributed by atoms with Gasteiger partial charge in [0.05, 0.1) is 12.0 Å². The third kappa shape index (κ3) is 4.98. The van der Waals surface area contributed by atoms with Gasteiger partial charge in [0.1, 0.15) is 0 Å². The Bertz CT molecular complexity index is 809. The molecule has 2 saturated heterocycles. The van der Waals surface area contributed by atoms with Crippen LogP contribution in [0.1, 0.15) is 36.4 Å². The van der Waals surface area contributed by atoms with Gasteiger partial charge in [0.25, 0.3) is 0 Å². The summed E-state index contributed by atoms with van der Waals surface area (Å²) in [6, 6.07) is 19.9. The Balaban J connectivity index is 0.00000240. The highest BCUT2D eigenvalue weighted by Crippen LogP contribution is 2.38. The average molecular weight is 414 g/mol. The zero-order chi connectivity index (χ0) is 19.3. The van der Waals surface area contributed by atoms with E-state index in [4.69, 9.17) is 0 Å². The first-order chi connectivity index (χ1) is 13.7. The molecule has 3 unspecified atom stereocenters. The minimum absolute atomic E-state index is 0. The van der Waals surface area contributed by atoms with E-state index in [9.17, 15) is 9.59 Å². The molecule has 2 N–H and O–H groups in total. The van der Waals surface area contributed by atoms with Crippen LogP contribution in [0.3, 0.4) is 0 Å². The van der Waals surface area contributed by atoms with Crippen molar-refractivity contribution >= 4 is 24.2 Å². The maximum atomic E-state index is 13.2. The lowest BCUT2D eigenvalue weighted by Crippen LogP contribution is -2.49. The van der Waals surface area contributed by atoms with E-state index in [2.05, 4.69) is 10.6 Å². The van der Waals surface area contributed by atoms with Crippen LogP contribution in [0.5, 0.6) is 0 Å². The van der Waals surface area contributed by atoms with Gasteiger partial charge in [-0.1, -0.05) is 60.7 Å². The average Bonchev–Trinajstić information content (AvgIpc) is 3.24. The van der Waals surface area contributed by atoms with Crippen LogP contribution in [0, 0.1) is 5.92 Å². The van der Waals surface area contributed by atoms with Gasteiger partial charge in [0.15, 0.2) is 0 Å². The van der Waals surface area contributed by atoms with Crippen molar-refractivity contribution in [1.29, 1.82) is 0 Å². The Morgan fingerprint density at radius 3 is 2.38 bits per heavy atom. The largest absolute Gasteiger partial charge is 0.352 e. The fourth-order valence-electron chi connectivity index (χ4n) is 4.34. The summed E-state index contributed by atoms with van der Waals surface area (Å²) in [6.45, 7) is 2.28. The summed E-state index contributed by atoms with van der Waals surface area (Å²) in [6.07, 6.45) is 1.97. The molecule has 5 nitrogen and oxygen atoms in total. The summed E-state index contributed by atoms with van der Waals surface area (Å²) in [7, 11) is 0. The quantitative estimate of drug-likeness (QED) is 0.791. The molecule has 0 bridgehead atoms. The summed E-state index contributed by atoms with van der Waals surface area (Å²) in [4.78, 5) is 27.9. The highest BCUT2D eigenvalue weighted by molar-refractivity contribution is 5.85. The Hall–Kier alpha value is -2.37. The van der Waals surface area contributed by atoms with E-state index >= 15 is 0 Å². The maximum absolute atomic E-state index is 13.2. The van der Waals surface area contributed by atoms with Crippen LogP contribution in [-0.2, 0) is 16.1 Å². The van der Waals surface area contributed by atoms with Gasteiger partial charge in [-0.3, -0.25) is 9.59 Å². The predicted molar refractivity (Wildman–Crippen MR) is 116 cm³/mol. The van der Waals surface area contributed by atoms with Crippen LogP contribution in [0.15, 0.2) is 60.7 Å². The minimum atomic E-state index is -0.239. The van der Waals surface area contributed by atoms with Crippen molar-refractivity contribution in [2.45, 2.75) is 37.9 Å². The van der Waals surface area contributed by atoms with Crippen molar-refractivity contribution in [2.24, 2.45) is 5.92 Å². The second-order valence-corrected chi connectivity index (χ2v) is 7.71. The molecule has 2 amide bonds. The Kier molecular flexibility index (Phi) is 7.29. The number of amides is 2. The van der Waals surface area contributed by atoms with Gasteiger partial charge in [0, 0.05) is 25.6 Å². The monoisotopic (exact) mass is 413 g/mol. The van der Waals surface area contributed by atoms with Crippen molar-refractivity contribution in [3.8, 4) is 0 Å². The second kappa shape index (κ2) is 9.90. The van der Waals surface area contributed by atoms with Gasteiger partial charge < -0.3 is 15.5 Å². The van der Waals surface area contributed by atoms with Crippen molar-refractivity contribution in [3.05, 3.63) is 71.8 Å². The summed E-state index contributed by atoms with van der Waals surface area (Å²) < 4.78 is 0. The lowest BCUT2D eigenvalue weighted by atomic mass is 9.83. The number of nitrogens with zero attached hydrogens (tertiary/aromatic N) is 1.